The van der Waals surface area contributed by atoms with Crippen LogP contribution >= 0.6 is 23.2 Å². The maximum absolute atomic E-state index is 13.2. The minimum absolute atomic E-state index is 0.249. The number of halogens is 5. The number of carbonyl (C=O) groups is 1. The lowest BCUT2D eigenvalue weighted by Crippen LogP contribution is -2.39. The molecule has 1 amide bonds. The molecule has 14 heteroatoms. The van der Waals surface area contributed by atoms with Crippen molar-refractivity contribution < 1.29 is 35.9 Å². The Labute approximate surface area is 239 Å². The first-order chi connectivity index (χ1) is 18.8. The summed E-state index contributed by atoms with van der Waals surface area (Å²) in [7, 11) is -4.14. The standard InChI is InChI=1S/C26H24Cl2F3N3O5S/c1-3-38-24-12-17(7-10-23(24)39-16-18-5-4-6-19(27)11-18)14-32-33-25(35)15-34(40(2,36)37)20-8-9-22(28)21(13-20)26(29,30)31/h4-14H,3,15-16H2,1-2H3,(H,33,35)/b32-14-. The van der Waals surface area contributed by atoms with Crippen LogP contribution in [0.3, 0.4) is 0 Å². The van der Waals surface area contributed by atoms with Gasteiger partial charge in [-0.25, -0.2) is 13.8 Å². The molecule has 0 aromatic heterocycles. The van der Waals surface area contributed by atoms with E-state index >= 15 is 0 Å². The first kappa shape index (κ1) is 31.1. The van der Waals surface area contributed by atoms with Crippen molar-refractivity contribution in [2.75, 3.05) is 23.7 Å². The van der Waals surface area contributed by atoms with Crippen molar-refractivity contribution in [3.63, 3.8) is 0 Å². The van der Waals surface area contributed by atoms with E-state index in [0.717, 1.165) is 24.0 Å². The Bertz CT molecular complexity index is 1500. The van der Waals surface area contributed by atoms with Gasteiger partial charge >= 0.3 is 6.18 Å². The average molecular weight is 618 g/mol. The molecule has 8 nitrogen and oxygen atoms in total. The smallest absolute Gasteiger partial charge is 0.417 e. The van der Waals surface area contributed by atoms with Gasteiger partial charge in [0.15, 0.2) is 11.5 Å². The van der Waals surface area contributed by atoms with Crippen molar-refractivity contribution in [3.05, 3.63) is 87.4 Å². The number of ether oxygens (including phenoxy) is 2. The fourth-order valence-electron chi connectivity index (χ4n) is 3.41. The quantitative estimate of drug-likeness (QED) is 0.213. The van der Waals surface area contributed by atoms with E-state index in [4.69, 9.17) is 32.7 Å². The summed E-state index contributed by atoms with van der Waals surface area (Å²) in [4.78, 5) is 12.4. The lowest BCUT2D eigenvalue weighted by molar-refractivity contribution is -0.137. The number of carbonyl (C=O) groups excluding carboxylic acids is 1. The lowest BCUT2D eigenvalue weighted by Gasteiger charge is -2.22. The predicted octanol–water partition coefficient (Wildman–Crippen LogP) is 5.91. The zero-order valence-corrected chi connectivity index (χ0v) is 23.5. The summed E-state index contributed by atoms with van der Waals surface area (Å²) in [6.45, 7) is 1.58. The third kappa shape index (κ3) is 8.77. The minimum atomic E-state index is -4.82. The van der Waals surface area contributed by atoms with Crippen molar-refractivity contribution in [2.45, 2.75) is 19.7 Å². The molecule has 0 heterocycles. The van der Waals surface area contributed by atoms with Gasteiger partial charge in [-0.3, -0.25) is 9.10 Å². The molecule has 0 bridgehead atoms. The van der Waals surface area contributed by atoms with Gasteiger partial charge in [0.2, 0.25) is 10.0 Å². The highest BCUT2D eigenvalue weighted by Crippen LogP contribution is 2.37. The molecule has 0 saturated carbocycles. The van der Waals surface area contributed by atoms with Gasteiger partial charge < -0.3 is 9.47 Å². The Balaban J connectivity index is 1.70. The van der Waals surface area contributed by atoms with Crippen LogP contribution < -0.4 is 19.2 Å². The van der Waals surface area contributed by atoms with Gasteiger partial charge in [0.1, 0.15) is 13.2 Å². The number of anilines is 1. The molecule has 3 aromatic carbocycles. The first-order valence-electron chi connectivity index (χ1n) is 11.6. The number of hydrogen-bond donors (Lipinski definition) is 1. The van der Waals surface area contributed by atoms with Crippen LogP contribution in [0.2, 0.25) is 10.0 Å². The Morgan fingerprint density at radius 2 is 1.80 bits per heavy atom. The molecular formula is C26H24Cl2F3N3O5S. The van der Waals surface area contributed by atoms with E-state index in [0.29, 0.717) is 39.1 Å². The third-order valence-corrected chi connectivity index (χ3v) is 6.89. The number of nitrogens with zero attached hydrogens (tertiary/aromatic N) is 2. The highest BCUT2D eigenvalue weighted by Gasteiger charge is 2.34. The molecule has 0 saturated heterocycles. The number of nitrogens with one attached hydrogen (secondary N) is 1. The van der Waals surface area contributed by atoms with Crippen LogP contribution in [0.5, 0.6) is 11.5 Å². The SMILES string of the molecule is CCOc1cc(/C=N\NC(=O)CN(c2ccc(Cl)c(C(F)(F)F)c2)S(C)(=O)=O)ccc1OCc1cccc(Cl)c1. The fourth-order valence-corrected chi connectivity index (χ4v) is 4.70. The molecule has 0 atom stereocenters. The Morgan fingerprint density at radius 1 is 1.05 bits per heavy atom. The van der Waals surface area contributed by atoms with Crippen LogP contribution in [0.15, 0.2) is 65.8 Å². The minimum Gasteiger partial charge on any atom is -0.490 e. The molecule has 1 N–H and O–H groups in total. The molecular weight excluding hydrogens is 594 g/mol. The van der Waals surface area contributed by atoms with E-state index in [2.05, 4.69) is 10.5 Å². The second-order valence-corrected chi connectivity index (χ2v) is 11.0. The van der Waals surface area contributed by atoms with E-state index in [1.807, 2.05) is 12.1 Å². The van der Waals surface area contributed by atoms with Crippen molar-refractivity contribution >= 4 is 51.0 Å². The zero-order chi connectivity index (χ0) is 29.5. The molecule has 0 aliphatic carbocycles. The van der Waals surface area contributed by atoms with Crippen LogP contribution in [-0.2, 0) is 27.6 Å². The van der Waals surface area contributed by atoms with Gasteiger partial charge in [-0.2, -0.15) is 18.3 Å². The van der Waals surface area contributed by atoms with Gasteiger partial charge in [-0.1, -0.05) is 35.3 Å². The van der Waals surface area contributed by atoms with Crippen LogP contribution in [0.25, 0.3) is 0 Å². The molecule has 0 fully saturated rings. The summed E-state index contributed by atoms with van der Waals surface area (Å²) in [6, 6.07) is 14.7. The highest BCUT2D eigenvalue weighted by molar-refractivity contribution is 7.92. The lowest BCUT2D eigenvalue weighted by atomic mass is 10.2. The van der Waals surface area contributed by atoms with E-state index in [1.165, 1.54) is 6.21 Å². The first-order valence-corrected chi connectivity index (χ1v) is 14.2. The molecule has 0 spiro atoms. The van der Waals surface area contributed by atoms with E-state index in [-0.39, 0.29) is 12.3 Å². The molecule has 3 aromatic rings. The van der Waals surface area contributed by atoms with Gasteiger partial charge in [0.05, 0.1) is 35.4 Å². The second kappa shape index (κ2) is 13.2. The zero-order valence-electron chi connectivity index (χ0n) is 21.2. The second-order valence-electron chi connectivity index (χ2n) is 8.28. The van der Waals surface area contributed by atoms with Crippen LogP contribution in [0, 0.1) is 0 Å². The van der Waals surface area contributed by atoms with Crippen molar-refractivity contribution in [2.24, 2.45) is 5.10 Å². The average Bonchev–Trinajstić information content (AvgIpc) is 2.86. The largest absolute Gasteiger partial charge is 0.490 e. The van der Waals surface area contributed by atoms with Crippen LogP contribution in [-0.4, -0.2) is 39.9 Å². The number of amides is 1. The Hall–Kier alpha value is -3.48. The fraction of sp³-hybridized carbons (Fsp3) is 0.231. The van der Waals surface area contributed by atoms with Gasteiger partial charge in [-0.05, 0) is 66.6 Å². The maximum Gasteiger partial charge on any atom is 0.417 e. The Kier molecular flexibility index (Phi) is 10.3. The molecule has 0 aliphatic rings. The molecule has 0 aliphatic heterocycles. The summed E-state index contributed by atoms with van der Waals surface area (Å²) < 4.78 is 76.2. The number of sulfonamides is 1. The van der Waals surface area contributed by atoms with Gasteiger partial charge in [0.25, 0.3) is 5.91 Å². The summed E-state index contributed by atoms with van der Waals surface area (Å²) in [5.74, 6) is -0.00375. The van der Waals surface area contributed by atoms with Gasteiger partial charge in [-0.15, -0.1) is 0 Å². The number of rotatable bonds is 11. The maximum atomic E-state index is 13.2. The molecule has 0 radical (unpaired) electrons. The summed E-state index contributed by atoms with van der Waals surface area (Å²) >= 11 is 11.6. The van der Waals surface area contributed by atoms with Gasteiger partial charge in [0, 0.05) is 5.02 Å². The van der Waals surface area contributed by atoms with Crippen molar-refractivity contribution in [1.29, 1.82) is 0 Å². The normalized spacial score (nSPS) is 11.9. The molecule has 0 unspecified atom stereocenters. The van der Waals surface area contributed by atoms with Crippen LogP contribution in [0.4, 0.5) is 18.9 Å². The number of alkyl halides is 3. The number of hydrazone groups is 1. The number of benzene rings is 3. The van der Waals surface area contributed by atoms with E-state index in [1.54, 1.807) is 37.3 Å². The Morgan fingerprint density at radius 3 is 2.45 bits per heavy atom. The van der Waals surface area contributed by atoms with E-state index in [9.17, 15) is 26.4 Å². The van der Waals surface area contributed by atoms with Crippen molar-refractivity contribution in [1.82, 2.24) is 5.43 Å². The molecule has 214 valence electrons. The number of hydrogen-bond acceptors (Lipinski definition) is 6. The molecule has 3 rings (SSSR count). The highest BCUT2D eigenvalue weighted by atomic mass is 35.5. The summed E-state index contributed by atoms with van der Waals surface area (Å²) in [5.41, 5.74) is 1.94. The van der Waals surface area contributed by atoms with E-state index < -0.39 is 39.2 Å². The predicted molar refractivity (Wildman–Crippen MR) is 148 cm³/mol. The monoisotopic (exact) mass is 617 g/mol. The van der Waals surface area contributed by atoms with Crippen LogP contribution in [0.1, 0.15) is 23.6 Å². The summed E-state index contributed by atoms with van der Waals surface area (Å²) in [5, 5.41) is 3.79. The summed E-state index contributed by atoms with van der Waals surface area (Å²) in [6.07, 6.45) is -2.77. The molecule has 40 heavy (non-hydrogen) atoms. The topological polar surface area (TPSA) is 97.3 Å². The van der Waals surface area contributed by atoms with Crippen molar-refractivity contribution in [3.8, 4) is 11.5 Å². The third-order valence-electron chi connectivity index (χ3n) is 5.18.